The highest BCUT2D eigenvalue weighted by atomic mass is 79.9. The van der Waals surface area contributed by atoms with Crippen molar-refractivity contribution in [3.8, 4) is 11.5 Å². The van der Waals surface area contributed by atoms with Crippen LogP contribution >= 0.6 is 26.6 Å². The Labute approximate surface area is 131 Å². The van der Waals surface area contributed by atoms with Crippen LogP contribution in [0.5, 0.6) is 11.5 Å². The maximum Gasteiger partial charge on any atom is 0.261 e. The first-order valence-electron chi connectivity index (χ1n) is 5.77. The van der Waals surface area contributed by atoms with E-state index in [-0.39, 0.29) is 4.90 Å². The van der Waals surface area contributed by atoms with E-state index in [2.05, 4.69) is 15.9 Å². The molecule has 20 heavy (non-hydrogen) atoms. The molecule has 0 aromatic heterocycles. The lowest BCUT2D eigenvalue weighted by Crippen LogP contribution is -1.95. The lowest BCUT2D eigenvalue weighted by molar-refractivity contribution is 0.477. The lowest BCUT2D eigenvalue weighted by atomic mass is 10.2. The minimum atomic E-state index is -3.73. The second kappa shape index (κ2) is 5.76. The highest BCUT2D eigenvalue weighted by Crippen LogP contribution is 2.30. The molecule has 0 N–H and O–H groups in total. The van der Waals surface area contributed by atoms with Crippen molar-refractivity contribution in [1.82, 2.24) is 0 Å². The molecule has 2 aromatic rings. The van der Waals surface area contributed by atoms with Gasteiger partial charge in [-0.05, 0) is 55.3 Å². The molecule has 0 spiro atoms. The number of hydrogen-bond donors (Lipinski definition) is 0. The van der Waals surface area contributed by atoms with Crippen molar-refractivity contribution in [2.24, 2.45) is 0 Å². The van der Waals surface area contributed by atoms with Crippen molar-refractivity contribution < 1.29 is 13.2 Å². The number of benzene rings is 2. The summed E-state index contributed by atoms with van der Waals surface area (Å²) in [6.07, 6.45) is 0. The highest BCUT2D eigenvalue weighted by molar-refractivity contribution is 9.10. The lowest BCUT2D eigenvalue weighted by Gasteiger charge is -2.11. The van der Waals surface area contributed by atoms with Gasteiger partial charge >= 0.3 is 0 Å². The van der Waals surface area contributed by atoms with Crippen LogP contribution in [0.2, 0.25) is 0 Å². The molecule has 106 valence electrons. The van der Waals surface area contributed by atoms with Gasteiger partial charge in [0.25, 0.3) is 9.05 Å². The molecule has 2 rings (SSSR count). The molecule has 0 unspecified atom stereocenters. The third-order valence-electron chi connectivity index (χ3n) is 2.79. The SMILES string of the molecule is Cc1ccc(Br)cc1Oc1ccc(S(=O)(=O)Cl)c(C)c1. The normalized spacial score (nSPS) is 11.4. The summed E-state index contributed by atoms with van der Waals surface area (Å²) >= 11 is 3.39. The number of halogens is 2. The Bertz CT molecular complexity index is 757. The van der Waals surface area contributed by atoms with Gasteiger partial charge in [0.1, 0.15) is 11.5 Å². The third kappa shape index (κ3) is 3.53. The van der Waals surface area contributed by atoms with Crippen molar-refractivity contribution in [1.29, 1.82) is 0 Å². The number of hydrogen-bond acceptors (Lipinski definition) is 3. The Hall–Kier alpha value is -1.04. The predicted molar refractivity (Wildman–Crippen MR) is 83.2 cm³/mol. The Kier molecular flexibility index (Phi) is 4.42. The van der Waals surface area contributed by atoms with Gasteiger partial charge in [-0.1, -0.05) is 22.0 Å². The molecular formula is C14H12BrClO3S. The summed E-state index contributed by atoms with van der Waals surface area (Å²) in [5.41, 5.74) is 1.53. The summed E-state index contributed by atoms with van der Waals surface area (Å²) < 4.78 is 29.4. The molecular weight excluding hydrogens is 364 g/mol. The molecule has 0 fully saturated rings. The van der Waals surface area contributed by atoms with Gasteiger partial charge in [0, 0.05) is 15.2 Å². The van der Waals surface area contributed by atoms with E-state index in [1.807, 2.05) is 25.1 Å². The minimum Gasteiger partial charge on any atom is -0.457 e. The van der Waals surface area contributed by atoms with Gasteiger partial charge in [-0.25, -0.2) is 8.42 Å². The van der Waals surface area contributed by atoms with E-state index in [9.17, 15) is 8.42 Å². The van der Waals surface area contributed by atoms with Gasteiger partial charge in [0.15, 0.2) is 0 Å². The first kappa shape index (κ1) is 15.4. The number of aryl methyl sites for hydroxylation is 2. The van der Waals surface area contributed by atoms with Crippen molar-refractivity contribution in [2.75, 3.05) is 0 Å². The van der Waals surface area contributed by atoms with Gasteiger partial charge in [0.05, 0.1) is 4.90 Å². The van der Waals surface area contributed by atoms with E-state index in [0.717, 1.165) is 10.0 Å². The van der Waals surface area contributed by atoms with E-state index in [1.165, 1.54) is 6.07 Å². The van der Waals surface area contributed by atoms with Crippen LogP contribution in [-0.2, 0) is 9.05 Å². The maximum absolute atomic E-state index is 11.3. The highest BCUT2D eigenvalue weighted by Gasteiger charge is 2.14. The van der Waals surface area contributed by atoms with E-state index in [0.29, 0.717) is 17.1 Å². The van der Waals surface area contributed by atoms with E-state index in [4.69, 9.17) is 15.4 Å². The van der Waals surface area contributed by atoms with Gasteiger partial charge in [-0.15, -0.1) is 0 Å². The van der Waals surface area contributed by atoms with Crippen LogP contribution in [0.3, 0.4) is 0 Å². The van der Waals surface area contributed by atoms with Crippen LogP contribution in [-0.4, -0.2) is 8.42 Å². The summed E-state index contributed by atoms with van der Waals surface area (Å²) in [7, 11) is 1.62. The zero-order chi connectivity index (χ0) is 14.9. The third-order valence-corrected chi connectivity index (χ3v) is 4.76. The van der Waals surface area contributed by atoms with Gasteiger partial charge < -0.3 is 4.74 Å². The average molecular weight is 376 g/mol. The standard InChI is InChI=1S/C14H12BrClO3S/c1-9-3-4-11(15)8-13(9)19-12-5-6-14(10(2)7-12)20(16,17)18/h3-8H,1-2H3. The molecule has 0 aliphatic carbocycles. The molecule has 0 saturated carbocycles. The first-order valence-corrected chi connectivity index (χ1v) is 8.87. The van der Waals surface area contributed by atoms with Crippen LogP contribution in [0.1, 0.15) is 11.1 Å². The maximum atomic E-state index is 11.3. The van der Waals surface area contributed by atoms with Crippen molar-refractivity contribution >= 4 is 35.7 Å². The predicted octanol–water partition coefficient (Wildman–Crippen LogP) is 4.79. The summed E-state index contributed by atoms with van der Waals surface area (Å²) in [5, 5.41) is 0. The van der Waals surface area contributed by atoms with Crippen LogP contribution < -0.4 is 4.74 Å². The molecule has 0 radical (unpaired) electrons. The Morgan fingerprint density at radius 2 is 1.75 bits per heavy atom. The molecule has 0 heterocycles. The smallest absolute Gasteiger partial charge is 0.261 e. The second-order valence-corrected chi connectivity index (χ2v) is 7.83. The fourth-order valence-electron chi connectivity index (χ4n) is 1.77. The molecule has 0 bridgehead atoms. The summed E-state index contributed by atoms with van der Waals surface area (Å²) in [5.74, 6) is 1.27. The van der Waals surface area contributed by atoms with Gasteiger partial charge in [-0.3, -0.25) is 0 Å². The van der Waals surface area contributed by atoms with Crippen LogP contribution in [0.15, 0.2) is 45.8 Å². The van der Waals surface area contributed by atoms with E-state index in [1.54, 1.807) is 19.1 Å². The number of rotatable bonds is 3. The molecule has 6 heteroatoms. The second-order valence-electron chi connectivity index (χ2n) is 4.38. The Morgan fingerprint density at radius 3 is 2.35 bits per heavy atom. The van der Waals surface area contributed by atoms with E-state index < -0.39 is 9.05 Å². The number of ether oxygens (including phenoxy) is 1. The minimum absolute atomic E-state index is 0.0949. The summed E-state index contributed by atoms with van der Waals surface area (Å²) in [4.78, 5) is 0.0949. The molecule has 0 aliphatic heterocycles. The van der Waals surface area contributed by atoms with Crippen molar-refractivity contribution in [2.45, 2.75) is 18.7 Å². The molecule has 0 saturated heterocycles. The van der Waals surface area contributed by atoms with E-state index >= 15 is 0 Å². The van der Waals surface area contributed by atoms with Crippen molar-refractivity contribution in [3.05, 3.63) is 52.0 Å². The Morgan fingerprint density at radius 1 is 1.05 bits per heavy atom. The fourth-order valence-corrected chi connectivity index (χ4v) is 3.30. The quantitative estimate of drug-likeness (QED) is 0.725. The monoisotopic (exact) mass is 374 g/mol. The molecule has 0 atom stereocenters. The van der Waals surface area contributed by atoms with Crippen LogP contribution in [0.25, 0.3) is 0 Å². The zero-order valence-corrected chi connectivity index (χ0v) is 14.0. The summed E-state index contributed by atoms with van der Waals surface area (Å²) in [6, 6.07) is 10.4. The molecule has 2 aromatic carbocycles. The van der Waals surface area contributed by atoms with Gasteiger partial charge in [0.2, 0.25) is 0 Å². The largest absolute Gasteiger partial charge is 0.457 e. The zero-order valence-electron chi connectivity index (χ0n) is 10.9. The summed E-state index contributed by atoms with van der Waals surface area (Å²) in [6.45, 7) is 3.61. The Balaban J connectivity index is 2.36. The average Bonchev–Trinajstić information content (AvgIpc) is 2.32. The molecule has 0 amide bonds. The fraction of sp³-hybridized carbons (Fsp3) is 0.143. The molecule has 3 nitrogen and oxygen atoms in total. The topological polar surface area (TPSA) is 43.4 Å². The van der Waals surface area contributed by atoms with Crippen LogP contribution in [0.4, 0.5) is 0 Å². The van der Waals surface area contributed by atoms with Crippen molar-refractivity contribution in [3.63, 3.8) is 0 Å². The van der Waals surface area contributed by atoms with Crippen LogP contribution in [0, 0.1) is 13.8 Å². The van der Waals surface area contributed by atoms with Gasteiger partial charge in [-0.2, -0.15) is 0 Å². The first-order chi connectivity index (χ1) is 9.27. The molecule has 0 aliphatic rings.